The average molecular weight is 1120 g/mol. The summed E-state index contributed by atoms with van der Waals surface area (Å²) in [6.45, 7) is 20.4. The first-order chi connectivity index (χ1) is 38.4. The Balaban J connectivity index is 1.00. The summed E-state index contributed by atoms with van der Waals surface area (Å²) < 4.78 is 41.4. The number of aromatic nitrogens is 1. The number of ketones is 1. The van der Waals surface area contributed by atoms with E-state index >= 15 is 4.39 Å². The maximum absolute atomic E-state index is 16.0. The Kier molecular flexibility index (Phi) is 16.7. The molecule has 20 heteroatoms. The van der Waals surface area contributed by atoms with Gasteiger partial charge in [-0.1, -0.05) is 45.9 Å². The first-order valence-electron chi connectivity index (χ1n) is 28.1. The van der Waals surface area contributed by atoms with Crippen LogP contribution in [-0.2, 0) is 23.8 Å². The number of fused-ring (bicyclic) bond motifs is 15. The third-order valence-corrected chi connectivity index (χ3v) is 17.5. The molecule has 0 radical (unpaired) electrons. The number of esters is 1. The molecular formula is C61H77FN6O13. The lowest BCUT2D eigenvalue weighted by molar-refractivity contribution is -0.160. The molecule has 10 rings (SSSR count). The Morgan fingerprint density at radius 1 is 0.901 bits per heavy atom. The molecule has 81 heavy (non-hydrogen) atoms. The van der Waals surface area contributed by atoms with Gasteiger partial charge >= 0.3 is 11.8 Å². The van der Waals surface area contributed by atoms with Gasteiger partial charge in [0.15, 0.2) is 11.6 Å². The van der Waals surface area contributed by atoms with E-state index in [0.29, 0.717) is 56.4 Å². The maximum atomic E-state index is 16.0. The monoisotopic (exact) mass is 1120 g/mol. The Labute approximate surface area is 470 Å². The molecule has 1 unspecified atom stereocenters. The molecule has 1 saturated carbocycles. The Morgan fingerprint density at radius 3 is 2.27 bits per heavy atom. The van der Waals surface area contributed by atoms with Crippen LogP contribution in [0.1, 0.15) is 112 Å². The average Bonchev–Trinajstić information content (AvgIpc) is 4.34. The van der Waals surface area contributed by atoms with E-state index in [2.05, 4.69) is 15.1 Å². The van der Waals surface area contributed by atoms with Gasteiger partial charge in [0.2, 0.25) is 0 Å². The highest BCUT2D eigenvalue weighted by Gasteiger charge is 2.50. The number of aliphatic hydroxyl groups is 2. The van der Waals surface area contributed by atoms with E-state index in [1.54, 1.807) is 51.8 Å². The van der Waals surface area contributed by atoms with Gasteiger partial charge in [0, 0.05) is 113 Å². The quantitative estimate of drug-likeness (QED) is 0.0433. The summed E-state index contributed by atoms with van der Waals surface area (Å²) in [6.07, 6.45) is 9.04. The molecule has 2 aromatic carbocycles. The molecule has 436 valence electrons. The number of phenols is 3. The van der Waals surface area contributed by atoms with Crippen molar-refractivity contribution in [2.45, 2.75) is 125 Å². The highest BCUT2D eigenvalue weighted by atomic mass is 19.1. The van der Waals surface area contributed by atoms with Crippen LogP contribution < -0.4 is 20.5 Å². The molecule has 1 aliphatic carbocycles. The van der Waals surface area contributed by atoms with E-state index in [4.69, 9.17) is 24.0 Å². The number of nitrogens with zero attached hydrogens (tertiary/aromatic N) is 5. The lowest BCUT2D eigenvalue weighted by Crippen LogP contribution is -2.46. The molecular weight excluding hydrogens is 1040 g/mol. The van der Waals surface area contributed by atoms with Crippen molar-refractivity contribution < 1.29 is 63.3 Å². The number of anilines is 2. The number of carbonyl (C=O) groups is 3. The van der Waals surface area contributed by atoms with Crippen molar-refractivity contribution in [1.29, 1.82) is 0 Å². The van der Waals surface area contributed by atoms with Crippen LogP contribution in [0.15, 0.2) is 58.3 Å². The summed E-state index contributed by atoms with van der Waals surface area (Å²) in [7, 11) is 1.43. The number of aliphatic hydroxyl groups excluding tert-OH is 2. The normalized spacial score (nSPS) is 29.5. The second-order valence-corrected chi connectivity index (χ2v) is 23.2. The summed E-state index contributed by atoms with van der Waals surface area (Å²) in [4.78, 5) is 58.9. The number of piperazine rings is 1. The molecule has 4 aromatic rings. The topological polar surface area (TPSA) is 245 Å². The van der Waals surface area contributed by atoms with E-state index in [-0.39, 0.29) is 55.9 Å². The number of hydrazone groups is 1. The summed E-state index contributed by atoms with van der Waals surface area (Å²) in [6, 6.07) is 1.98. The van der Waals surface area contributed by atoms with Crippen molar-refractivity contribution in [3.05, 3.63) is 98.0 Å². The highest BCUT2D eigenvalue weighted by Crippen LogP contribution is 2.55. The molecule has 3 fully saturated rings. The summed E-state index contributed by atoms with van der Waals surface area (Å²) in [5, 5.41) is 68.3. The Hall–Kier alpha value is -7.00. The van der Waals surface area contributed by atoms with Gasteiger partial charge in [-0.25, -0.2) is 4.39 Å². The molecule has 5 bridgehead atoms. The molecule has 7 heterocycles. The number of Topliss-reactive ketones (excluding diaryl/α,β-unsaturated/α-hetero) is 1. The fourth-order valence-electron chi connectivity index (χ4n) is 12.5. The minimum Gasteiger partial charge on any atom is -0.507 e. The first-order valence-corrected chi connectivity index (χ1v) is 28.1. The van der Waals surface area contributed by atoms with Crippen molar-refractivity contribution in [1.82, 2.24) is 14.3 Å². The van der Waals surface area contributed by atoms with Crippen LogP contribution in [0.5, 0.6) is 23.0 Å². The molecule has 5 aliphatic heterocycles. The van der Waals surface area contributed by atoms with E-state index in [1.165, 1.54) is 70.0 Å². The fourth-order valence-corrected chi connectivity index (χ4v) is 12.5. The minimum absolute atomic E-state index is 0.0302. The molecule has 2 aromatic heterocycles. The van der Waals surface area contributed by atoms with Crippen molar-refractivity contribution in [2.75, 3.05) is 63.1 Å². The number of nitrogens with one attached hydrogen (secondary N) is 1. The smallest absolute Gasteiger partial charge is 0.312 e. The number of aryl methyl sites for hydroxylation is 2. The molecule has 2 saturated heterocycles. The van der Waals surface area contributed by atoms with E-state index in [0.717, 1.165) is 42.5 Å². The summed E-state index contributed by atoms with van der Waals surface area (Å²) in [5.74, 6) is -8.51. The van der Waals surface area contributed by atoms with Crippen LogP contribution in [0.3, 0.4) is 0 Å². The van der Waals surface area contributed by atoms with E-state index in [9.17, 15) is 44.7 Å². The Morgan fingerprint density at radius 2 is 1.60 bits per heavy atom. The van der Waals surface area contributed by atoms with Gasteiger partial charge in [0.25, 0.3) is 17.2 Å². The number of hydrogen-bond donors (Lipinski definition) is 6. The summed E-state index contributed by atoms with van der Waals surface area (Å²) in [5.41, 5.74) is 3.14. The van der Waals surface area contributed by atoms with E-state index in [1.807, 2.05) is 13.0 Å². The zero-order chi connectivity index (χ0) is 58.7. The second kappa shape index (κ2) is 23.1. The zero-order valence-corrected chi connectivity index (χ0v) is 48.1. The van der Waals surface area contributed by atoms with Crippen molar-refractivity contribution in [2.24, 2.45) is 34.7 Å². The van der Waals surface area contributed by atoms with Gasteiger partial charge in [-0.2, -0.15) is 5.10 Å². The lowest BCUT2D eigenvalue weighted by atomic mass is 9.78. The number of ether oxygens (including phenoxy) is 4. The number of pyridine rings is 2. The van der Waals surface area contributed by atoms with Crippen molar-refractivity contribution >= 4 is 51.5 Å². The number of amides is 1. The van der Waals surface area contributed by atoms with Crippen LogP contribution in [-0.4, -0.2) is 147 Å². The number of phenolic OH excluding ortho intramolecular Hbond substituents is 3. The van der Waals surface area contributed by atoms with Crippen LogP contribution in [0.2, 0.25) is 0 Å². The van der Waals surface area contributed by atoms with Gasteiger partial charge in [0.1, 0.15) is 23.4 Å². The van der Waals surface area contributed by atoms with Crippen LogP contribution in [0.25, 0.3) is 16.3 Å². The lowest BCUT2D eigenvalue weighted by Gasteiger charge is -2.38. The molecule has 6 N–H and O–H groups in total. The number of methoxy groups -OCH3 is 1. The molecule has 6 aliphatic rings. The van der Waals surface area contributed by atoms with Gasteiger partial charge in [-0.3, -0.25) is 33.5 Å². The van der Waals surface area contributed by atoms with Gasteiger partial charge in [-0.05, 0) is 82.1 Å². The third kappa shape index (κ3) is 11.1. The van der Waals surface area contributed by atoms with Gasteiger partial charge < -0.3 is 54.7 Å². The second-order valence-electron chi connectivity index (χ2n) is 23.2. The van der Waals surface area contributed by atoms with Gasteiger partial charge in [0.05, 0.1) is 70.4 Å². The Bertz CT molecular complexity index is 3340. The molecule has 0 spiro atoms. The number of rotatable bonds is 8. The number of carbonyl (C=O) groups excluding carboxylic acids is 3. The third-order valence-electron chi connectivity index (χ3n) is 17.5. The largest absolute Gasteiger partial charge is 0.507 e. The number of benzene rings is 2. The summed E-state index contributed by atoms with van der Waals surface area (Å²) >= 11 is 0. The molecule has 19 nitrogen and oxygen atoms in total. The highest BCUT2D eigenvalue weighted by molar-refractivity contribution is 6.24. The molecule has 1 amide bonds. The predicted octanol–water partition coefficient (Wildman–Crippen LogP) is 7.48. The predicted molar refractivity (Wildman–Crippen MR) is 305 cm³/mol. The number of allylic oxidation sites excluding steroid dienone is 2. The maximum Gasteiger partial charge on any atom is 0.312 e. The number of aromatic hydroxyl groups is 3. The van der Waals surface area contributed by atoms with E-state index < -0.39 is 94.6 Å². The number of halogens is 1. The zero-order valence-electron chi connectivity index (χ0n) is 48.1. The van der Waals surface area contributed by atoms with Gasteiger partial charge in [-0.15, -0.1) is 0 Å². The molecule has 10 atom stereocenters. The fraction of sp³-hybridized carbons (Fsp3) is 0.525. The van der Waals surface area contributed by atoms with Crippen LogP contribution >= 0.6 is 0 Å². The SMILES string of the molecule is CO[C@H]1/C=C/O[C@@]2(C)Oc3c(C)c(O)c4c(O)c(c(/C=N\N5CCN(CC6CCN(c7c(F)cn8c(=O)c(C)cc(C9CC9)c8c7C)C6)CC5)c(O)c4c3C2=O)NC(=O)/C(C)=C\C=C\[C@H](C)[C@H](O)[C@@H](C)[C@@H](O)[C@@H](C)[C@H](OC(C)=O)[C@@H]1C. The first kappa shape index (κ1) is 58.6. The van der Waals surface area contributed by atoms with Crippen LogP contribution in [0.4, 0.5) is 15.8 Å². The number of hydrogen-bond acceptors (Lipinski definition) is 17. The van der Waals surface area contributed by atoms with Crippen molar-refractivity contribution in [3.63, 3.8) is 0 Å². The van der Waals surface area contributed by atoms with Crippen molar-refractivity contribution in [3.8, 4) is 23.0 Å². The standard InChI is InChI=1S/C61H77FN6O13/c1-30-13-12-14-31(2)59(76)64-48-42(26-63-67-22-20-65(21-23-67)27-39-17-19-66(28-39)50-34(5)49-41(40-15-16-40)25-32(3)60(77)68(49)29-43(50)62)54(73)45-46(55(48)74)53(72)37(8)57-47(45)58(75)61(10,81-57)79-24-18-44(78-11)33(4)56(80-38(9)69)36(7)52(71)35(6)51(30)70/h12-14,18,24-26,29-30,33,35-36,39-40,44,51-52,56,70-74H,15-17,19-23,27-28H2,1-11H3,(H,64,76)/b13-12+,24-18+,31-14-,63-26-/t30-,33+,35+,36+,39?,44-,51-,52+,56+,61-/m0/s1. The van der Waals surface area contributed by atoms with Crippen LogP contribution in [0, 0.1) is 56.2 Å². The minimum atomic E-state index is -2.10.